The van der Waals surface area contributed by atoms with Gasteiger partial charge in [-0.05, 0) is 54.5 Å². The van der Waals surface area contributed by atoms with E-state index < -0.39 is 0 Å². The van der Waals surface area contributed by atoms with Crippen molar-refractivity contribution in [2.24, 2.45) is 0 Å². The van der Waals surface area contributed by atoms with Gasteiger partial charge in [-0.2, -0.15) is 0 Å². The van der Waals surface area contributed by atoms with Gasteiger partial charge < -0.3 is 0 Å². The molecule has 0 atom stereocenters. The molecule has 0 aliphatic carbocycles. The highest BCUT2D eigenvalue weighted by molar-refractivity contribution is 5.95. The fourth-order valence-electron chi connectivity index (χ4n) is 2.89. The number of aryl methyl sites for hydroxylation is 3. The predicted molar refractivity (Wildman–Crippen MR) is 90.6 cm³/mol. The average Bonchev–Trinajstić information content (AvgIpc) is 2.56. The van der Waals surface area contributed by atoms with Crippen LogP contribution in [0.5, 0.6) is 0 Å². The molecule has 3 aromatic rings. The number of rotatable bonds is 3. The van der Waals surface area contributed by atoms with Gasteiger partial charge in [-0.25, -0.2) is 4.39 Å². The lowest BCUT2D eigenvalue weighted by molar-refractivity contribution is 0.603. The van der Waals surface area contributed by atoms with Gasteiger partial charge in [0, 0.05) is 16.6 Å². The molecule has 0 spiro atoms. The summed E-state index contributed by atoms with van der Waals surface area (Å²) in [5, 5.41) is 2.30. The van der Waals surface area contributed by atoms with Crippen molar-refractivity contribution in [3.63, 3.8) is 0 Å². The number of fused-ring (bicyclic) bond motifs is 1. The maximum atomic E-state index is 14.1. The highest BCUT2D eigenvalue weighted by Gasteiger charge is 2.12. The van der Waals surface area contributed by atoms with E-state index in [0.717, 1.165) is 34.3 Å². The van der Waals surface area contributed by atoms with Crippen LogP contribution in [0.2, 0.25) is 0 Å². The third-order valence-electron chi connectivity index (χ3n) is 4.14. The second kappa shape index (κ2) is 5.88. The molecule has 0 aliphatic rings. The van der Waals surface area contributed by atoms with Crippen LogP contribution in [-0.4, -0.2) is 4.98 Å². The van der Waals surface area contributed by atoms with Crippen LogP contribution in [-0.2, 0) is 12.8 Å². The quantitative estimate of drug-likeness (QED) is 0.623. The molecule has 3 rings (SSSR count). The molecular weight excluding hydrogens is 273 g/mol. The molecule has 0 saturated heterocycles. The van der Waals surface area contributed by atoms with E-state index in [4.69, 9.17) is 4.98 Å². The summed E-state index contributed by atoms with van der Waals surface area (Å²) in [5.74, 6) is -0.0952. The van der Waals surface area contributed by atoms with E-state index in [0.29, 0.717) is 12.0 Å². The molecular formula is C20H20FN. The largest absolute Gasteiger partial charge is 0.252 e. The third kappa shape index (κ3) is 2.50. The Bertz CT molecular complexity index is 836. The maximum absolute atomic E-state index is 14.1. The van der Waals surface area contributed by atoms with E-state index in [1.54, 1.807) is 0 Å². The minimum atomic E-state index is -0.0952. The van der Waals surface area contributed by atoms with Crippen LogP contribution in [0.3, 0.4) is 0 Å². The van der Waals surface area contributed by atoms with E-state index in [1.165, 1.54) is 5.39 Å². The molecule has 0 radical (unpaired) electrons. The molecule has 112 valence electrons. The van der Waals surface area contributed by atoms with Crippen molar-refractivity contribution in [2.45, 2.75) is 33.6 Å². The Hall–Kier alpha value is -2.22. The Morgan fingerprint density at radius 2 is 1.77 bits per heavy atom. The first-order chi connectivity index (χ1) is 10.6. The van der Waals surface area contributed by atoms with Crippen molar-refractivity contribution in [1.29, 1.82) is 0 Å². The third-order valence-corrected chi connectivity index (χ3v) is 4.14. The minimum Gasteiger partial charge on any atom is -0.252 e. The van der Waals surface area contributed by atoms with Gasteiger partial charge in [-0.1, -0.05) is 38.1 Å². The topological polar surface area (TPSA) is 12.9 Å². The number of pyridine rings is 1. The van der Waals surface area contributed by atoms with Crippen LogP contribution in [0.25, 0.3) is 22.0 Å². The molecule has 0 unspecified atom stereocenters. The minimum absolute atomic E-state index is 0.0952. The number of hydrogen-bond donors (Lipinski definition) is 0. The van der Waals surface area contributed by atoms with Gasteiger partial charge >= 0.3 is 0 Å². The van der Waals surface area contributed by atoms with E-state index in [9.17, 15) is 4.39 Å². The zero-order valence-corrected chi connectivity index (χ0v) is 13.3. The van der Waals surface area contributed by atoms with Crippen molar-refractivity contribution >= 4 is 10.8 Å². The lowest BCUT2D eigenvalue weighted by Crippen LogP contribution is -1.97. The lowest BCUT2D eigenvalue weighted by atomic mass is 9.97. The first kappa shape index (κ1) is 14.7. The van der Waals surface area contributed by atoms with E-state index in [-0.39, 0.29) is 5.82 Å². The maximum Gasteiger partial charge on any atom is 0.129 e. The molecule has 0 aliphatic heterocycles. The van der Waals surface area contributed by atoms with Crippen molar-refractivity contribution < 1.29 is 4.39 Å². The summed E-state index contributed by atoms with van der Waals surface area (Å²) in [5.41, 5.74) is 4.45. The molecule has 0 amide bonds. The summed E-state index contributed by atoms with van der Waals surface area (Å²) in [7, 11) is 0. The van der Waals surface area contributed by atoms with E-state index in [2.05, 4.69) is 25.1 Å². The Balaban J connectivity index is 2.32. The van der Waals surface area contributed by atoms with Gasteiger partial charge in [0.05, 0.1) is 5.69 Å². The van der Waals surface area contributed by atoms with Gasteiger partial charge in [0.25, 0.3) is 0 Å². The summed E-state index contributed by atoms with van der Waals surface area (Å²) in [6.07, 6.45) is 1.57. The van der Waals surface area contributed by atoms with Crippen molar-refractivity contribution in [3.8, 4) is 11.3 Å². The number of aromatic nitrogens is 1. The van der Waals surface area contributed by atoms with Gasteiger partial charge in [-0.15, -0.1) is 0 Å². The normalized spacial score (nSPS) is 11.1. The number of nitrogens with zero attached hydrogens (tertiary/aromatic N) is 1. The Morgan fingerprint density at radius 1 is 1.00 bits per heavy atom. The Labute approximate surface area is 130 Å². The van der Waals surface area contributed by atoms with Crippen molar-refractivity contribution in [2.75, 3.05) is 0 Å². The molecule has 0 bridgehead atoms. The molecule has 0 N–H and O–H groups in total. The fraction of sp³-hybridized carbons (Fsp3) is 0.250. The van der Waals surface area contributed by atoms with Gasteiger partial charge in [0.2, 0.25) is 0 Å². The van der Waals surface area contributed by atoms with Crippen molar-refractivity contribution in [3.05, 3.63) is 65.1 Å². The second-order valence-corrected chi connectivity index (χ2v) is 5.66. The first-order valence-corrected chi connectivity index (χ1v) is 7.82. The summed E-state index contributed by atoms with van der Waals surface area (Å²) < 4.78 is 14.1. The second-order valence-electron chi connectivity index (χ2n) is 5.66. The van der Waals surface area contributed by atoms with Crippen LogP contribution < -0.4 is 0 Å². The van der Waals surface area contributed by atoms with Crippen LogP contribution in [0, 0.1) is 12.7 Å². The SMILES string of the molecule is CCc1cc2ccccc2c(-c2cc(C)c(F)c(CC)c2)n1. The van der Waals surface area contributed by atoms with Crippen LogP contribution in [0.1, 0.15) is 30.7 Å². The summed E-state index contributed by atoms with van der Waals surface area (Å²) in [6, 6.07) is 14.2. The monoisotopic (exact) mass is 293 g/mol. The van der Waals surface area contributed by atoms with Crippen molar-refractivity contribution in [1.82, 2.24) is 4.98 Å². The number of halogens is 1. The molecule has 1 aromatic heterocycles. The van der Waals surface area contributed by atoms with Crippen LogP contribution in [0.15, 0.2) is 42.5 Å². The number of benzene rings is 2. The molecule has 0 saturated carbocycles. The van der Waals surface area contributed by atoms with Gasteiger partial charge in [0.1, 0.15) is 5.82 Å². The van der Waals surface area contributed by atoms with E-state index >= 15 is 0 Å². The zero-order valence-electron chi connectivity index (χ0n) is 13.3. The highest BCUT2D eigenvalue weighted by atomic mass is 19.1. The van der Waals surface area contributed by atoms with Crippen LogP contribution in [0.4, 0.5) is 4.39 Å². The van der Waals surface area contributed by atoms with Gasteiger partial charge in [0.15, 0.2) is 0 Å². The summed E-state index contributed by atoms with van der Waals surface area (Å²) >= 11 is 0. The predicted octanol–water partition coefficient (Wildman–Crippen LogP) is 5.47. The Morgan fingerprint density at radius 3 is 2.50 bits per heavy atom. The first-order valence-electron chi connectivity index (χ1n) is 7.82. The molecule has 2 heteroatoms. The van der Waals surface area contributed by atoms with Gasteiger partial charge in [-0.3, -0.25) is 4.98 Å². The summed E-state index contributed by atoms with van der Waals surface area (Å²) in [4.78, 5) is 4.81. The zero-order chi connectivity index (χ0) is 15.7. The van der Waals surface area contributed by atoms with Crippen LogP contribution >= 0.6 is 0 Å². The molecule has 1 nitrogen and oxygen atoms in total. The molecule has 1 heterocycles. The number of hydrogen-bond acceptors (Lipinski definition) is 1. The smallest absolute Gasteiger partial charge is 0.129 e. The fourth-order valence-corrected chi connectivity index (χ4v) is 2.89. The lowest BCUT2D eigenvalue weighted by Gasteiger charge is -2.12. The summed E-state index contributed by atoms with van der Waals surface area (Å²) in [6.45, 7) is 5.91. The standard InChI is InChI=1S/C20H20FN/c1-4-14-11-16(10-13(3)19(14)21)20-18-9-7-6-8-15(18)12-17(5-2)22-20/h6-12H,4-5H2,1-3H3. The molecule has 22 heavy (non-hydrogen) atoms. The Kier molecular flexibility index (Phi) is 3.93. The average molecular weight is 293 g/mol. The molecule has 2 aromatic carbocycles. The highest BCUT2D eigenvalue weighted by Crippen LogP contribution is 2.30. The van der Waals surface area contributed by atoms with E-state index in [1.807, 2.05) is 38.1 Å². The molecule has 0 fully saturated rings.